The van der Waals surface area contributed by atoms with Crippen LogP contribution < -0.4 is 5.56 Å². The number of alkyl halides is 1. The maximum atomic E-state index is 12.2. The lowest BCUT2D eigenvalue weighted by molar-refractivity contribution is -0.384. The summed E-state index contributed by atoms with van der Waals surface area (Å²) in [7, 11) is 0. The predicted octanol–water partition coefficient (Wildman–Crippen LogP) is 2.98. The number of hydrogen-bond donors (Lipinski definition) is 0. The van der Waals surface area contributed by atoms with Gasteiger partial charge < -0.3 is 0 Å². The van der Waals surface area contributed by atoms with Crippen molar-refractivity contribution in [2.45, 2.75) is 19.4 Å². The predicted molar refractivity (Wildman–Crippen MR) is 77.6 cm³/mol. The average molecular weight is 316 g/mol. The van der Waals surface area contributed by atoms with Gasteiger partial charge in [-0.05, 0) is 18.9 Å². The van der Waals surface area contributed by atoms with E-state index in [1.54, 1.807) is 0 Å². The van der Waals surface area contributed by atoms with E-state index < -0.39 is 4.92 Å². The molecule has 0 bridgehead atoms. The standard InChI is InChI=1S/C12H11Cl2N3O3/c13-3-1-2-4-16-7-15-10-6-9(14)11(17(19)20)5-8(10)12(16)18/h5-7H,1-4H2. The number of nitro groups is 1. The van der Waals surface area contributed by atoms with Crippen LogP contribution in [0.2, 0.25) is 5.02 Å². The van der Waals surface area contributed by atoms with E-state index in [1.165, 1.54) is 23.0 Å². The third kappa shape index (κ3) is 2.91. The van der Waals surface area contributed by atoms with E-state index >= 15 is 0 Å². The molecule has 2 rings (SSSR count). The minimum atomic E-state index is -0.619. The normalized spacial score (nSPS) is 10.9. The van der Waals surface area contributed by atoms with Crippen LogP contribution in [0.25, 0.3) is 10.9 Å². The van der Waals surface area contributed by atoms with Crippen molar-refractivity contribution in [1.29, 1.82) is 0 Å². The molecule has 0 N–H and O–H groups in total. The first kappa shape index (κ1) is 14.7. The average Bonchev–Trinajstić information content (AvgIpc) is 2.41. The van der Waals surface area contributed by atoms with Gasteiger partial charge in [0.25, 0.3) is 11.2 Å². The Labute approximate surface area is 124 Å². The summed E-state index contributed by atoms with van der Waals surface area (Å²) in [6.45, 7) is 0.477. The van der Waals surface area contributed by atoms with Gasteiger partial charge in [0.15, 0.2) is 0 Å². The summed E-state index contributed by atoms with van der Waals surface area (Å²) >= 11 is 11.4. The molecule has 6 nitrogen and oxygen atoms in total. The third-order valence-corrected chi connectivity index (χ3v) is 3.44. The number of nitrogens with zero attached hydrogens (tertiary/aromatic N) is 3. The number of hydrogen-bond acceptors (Lipinski definition) is 4. The second-order valence-corrected chi connectivity index (χ2v) is 5.00. The van der Waals surface area contributed by atoms with Crippen LogP contribution in [0.5, 0.6) is 0 Å². The Balaban J connectivity index is 2.51. The summed E-state index contributed by atoms with van der Waals surface area (Å²) < 4.78 is 1.42. The Morgan fingerprint density at radius 2 is 2.10 bits per heavy atom. The fourth-order valence-electron chi connectivity index (χ4n) is 1.84. The van der Waals surface area contributed by atoms with Crippen molar-refractivity contribution in [2.24, 2.45) is 0 Å². The van der Waals surface area contributed by atoms with Crippen LogP contribution in [0, 0.1) is 10.1 Å². The molecule has 1 aromatic carbocycles. The molecule has 8 heteroatoms. The fourth-order valence-corrected chi connectivity index (χ4v) is 2.26. The number of unbranched alkanes of at least 4 members (excludes halogenated alkanes) is 1. The van der Waals surface area contributed by atoms with Crippen LogP contribution in [-0.2, 0) is 6.54 Å². The second-order valence-electron chi connectivity index (χ2n) is 4.22. The number of aromatic nitrogens is 2. The van der Waals surface area contributed by atoms with Crippen LogP contribution in [0.4, 0.5) is 5.69 Å². The molecule has 0 aliphatic carbocycles. The van der Waals surface area contributed by atoms with Gasteiger partial charge in [0.2, 0.25) is 0 Å². The van der Waals surface area contributed by atoms with E-state index in [4.69, 9.17) is 23.2 Å². The molecule has 0 unspecified atom stereocenters. The highest BCUT2D eigenvalue weighted by Gasteiger charge is 2.16. The van der Waals surface area contributed by atoms with Crippen LogP contribution >= 0.6 is 23.2 Å². The van der Waals surface area contributed by atoms with Crippen LogP contribution in [0.15, 0.2) is 23.3 Å². The van der Waals surface area contributed by atoms with Crippen LogP contribution in [-0.4, -0.2) is 20.4 Å². The fraction of sp³-hybridized carbons (Fsp3) is 0.333. The molecule has 2 aromatic rings. The Morgan fingerprint density at radius 3 is 2.75 bits per heavy atom. The largest absolute Gasteiger partial charge is 0.299 e. The molecule has 0 spiro atoms. The van der Waals surface area contributed by atoms with Crippen molar-refractivity contribution in [3.8, 4) is 0 Å². The van der Waals surface area contributed by atoms with Gasteiger partial charge in [0.1, 0.15) is 5.02 Å². The monoisotopic (exact) mass is 315 g/mol. The highest BCUT2D eigenvalue weighted by atomic mass is 35.5. The minimum absolute atomic E-state index is 0.0331. The summed E-state index contributed by atoms with van der Waals surface area (Å²) in [5.41, 5.74) is -0.264. The number of rotatable bonds is 5. The van der Waals surface area contributed by atoms with E-state index in [2.05, 4.69) is 4.98 Å². The Kier molecular flexibility index (Phi) is 4.57. The van der Waals surface area contributed by atoms with Crippen molar-refractivity contribution in [2.75, 3.05) is 5.88 Å². The molecule has 1 aromatic heterocycles. The molecular weight excluding hydrogens is 305 g/mol. The Hall–Kier alpha value is -1.66. The van der Waals surface area contributed by atoms with Crippen molar-refractivity contribution in [1.82, 2.24) is 9.55 Å². The molecule has 0 fully saturated rings. The van der Waals surface area contributed by atoms with E-state index in [1.807, 2.05) is 0 Å². The van der Waals surface area contributed by atoms with E-state index in [0.29, 0.717) is 17.9 Å². The van der Waals surface area contributed by atoms with Gasteiger partial charge in [-0.1, -0.05) is 11.6 Å². The zero-order valence-electron chi connectivity index (χ0n) is 10.4. The van der Waals surface area contributed by atoms with Gasteiger partial charge >= 0.3 is 0 Å². The zero-order valence-corrected chi connectivity index (χ0v) is 11.9. The van der Waals surface area contributed by atoms with Crippen molar-refractivity contribution < 1.29 is 4.92 Å². The summed E-state index contributed by atoms with van der Waals surface area (Å²) in [6.07, 6.45) is 2.94. The number of fused-ring (bicyclic) bond motifs is 1. The second kappa shape index (κ2) is 6.19. The van der Waals surface area contributed by atoms with Crippen molar-refractivity contribution >= 4 is 39.8 Å². The SMILES string of the molecule is O=c1c2cc([N+](=O)[O-])c(Cl)cc2ncn1CCCCCl. The maximum Gasteiger partial charge on any atom is 0.288 e. The smallest absolute Gasteiger partial charge is 0.288 e. The first-order valence-corrected chi connectivity index (χ1v) is 6.85. The maximum absolute atomic E-state index is 12.2. The van der Waals surface area contributed by atoms with E-state index in [0.717, 1.165) is 12.8 Å². The molecule has 0 radical (unpaired) electrons. The van der Waals surface area contributed by atoms with Gasteiger partial charge in [-0.25, -0.2) is 4.98 Å². The third-order valence-electron chi connectivity index (χ3n) is 2.87. The van der Waals surface area contributed by atoms with Crippen LogP contribution in [0.3, 0.4) is 0 Å². The molecule has 106 valence electrons. The van der Waals surface area contributed by atoms with Gasteiger partial charge in [0.05, 0.1) is 22.2 Å². The van der Waals surface area contributed by atoms with Crippen molar-refractivity contribution in [3.05, 3.63) is 44.0 Å². The molecule has 0 saturated heterocycles. The van der Waals surface area contributed by atoms with Crippen LogP contribution in [0.1, 0.15) is 12.8 Å². The highest BCUT2D eigenvalue weighted by molar-refractivity contribution is 6.33. The topological polar surface area (TPSA) is 78.0 Å². The minimum Gasteiger partial charge on any atom is -0.299 e. The summed E-state index contributed by atoms with van der Waals surface area (Å²) in [5.74, 6) is 0.525. The molecule has 0 aliphatic rings. The lowest BCUT2D eigenvalue weighted by Gasteiger charge is -2.06. The number of halogens is 2. The summed E-state index contributed by atoms with van der Waals surface area (Å²) in [6, 6.07) is 2.50. The summed E-state index contributed by atoms with van der Waals surface area (Å²) in [4.78, 5) is 26.6. The molecule has 1 heterocycles. The summed E-state index contributed by atoms with van der Waals surface area (Å²) in [5, 5.41) is 11.0. The number of aryl methyl sites for hydroxylation is 1. The first-order chi connectivity index (χ1) is 9.54. The molecule has 0 amide bonds. The van der Waals surface area contributed by atoms with Crippen molar-refractivity contribution in [3.63, 3.8) is 0 Å². The molecular formula is C12H11Cl2N3O3. The van der Waals surface area contributed by atoms with Gasteiger partial charge in [0, 0.05) is 18.5 Å². The molecule has 0 aliphatic heterocycles. The Bertz CT molecular complexity index is 715. The zero-order chi connectivity index (χ0) is 14.7. The Morgan fingerprint density at radius 1 is 1.35 bits per heavy atom. The molecule has 0 atom stereocenters. The lowest BCUT2D eigenvalue weighted by Crippen LogP contribution is -2.20. The van der Waals surface area contributed by atoms with Gasteiger partial charge in [-0.15, -0.1) is 11.6 Å². The first-order valence-electron chi connectivity index (χ1n) is 5.93. The van der Waals surface area contributed by atoms with Gasteiger partial charge in [-0.3, -0.25) is 19.5 Å². The highest BCUT2D eigenvalue weighted by Crippen LogP contribution is 2.27. The quantitative estimate of drug-likeness (QED) is 0.368. The van der Waals surface area contributed by atoms with E-state index in [9.17, 15) is 14.9 Å². The lowest BCUT2D eigenvalue weighted by atomic mass is 10.2. The molecule has 0 saturated carbocycles. The number of nitro benzene ring substituents is 1. The van der Waals surface area contributed by atoms with Gasteiger partial charge in [-0.2, -0.15) is 0 Å². The molecule has 20 heavy (non-hydrogen) atoms. The number of benzene rings is 1. The van der Waals surface area contributed by atoms with E-state index in [-0.39, 0.29) is 21.7 Å².